The van der Waals surface area contributed by atoms with Gasteiger partial charge in [-0.2, -0.15) is 13.2 Å². The number of likely N-dealkylation sites (tertiary alicyclic amines) is 1. The van der Waals surface area contributed by atoms with Crippen LogP contribution < -0.4 is 15.4 Å². The highest BCUT2D eigenvalue weighted by atomic mass is 35.5. The molecule has 0 saturated carbocycles. The largest absolute Gasteiger partial charge is 0.480 e. The van der Waals surface area contributed by atoms with Gasteiger partial charge in [-0.15, -0.1) is 0 Å². The second kappa shape index (κ2) is 10.7. The zero-order chi connectivity index (χ0) is 25.9. The van der Waals surface area contributed by atoms with E-state index < -0.39 is 46.8 Å². The van der Waals surface area contributed by atoms with Crippen molar-refractivity contribution >= 4 is 28.9 Å². The molecule has 0 aromatic heterocycles. The molecule has 190 valence electrons. The van der Waals surface area contributed by atoms with Gasteiger partial charge in [0.15, 0.2) is 6.10 Å². The Kier molecular flexibility index (Phi) is 8.11. The Bertz CT molecular complexity index is 1090. The molecule has 1 heterocycles. The molecule has 35 heavy (non-hydrogen) atoms. The van der Waals surface area contributed by atoms with Crippen molar-refractivity contribution in [2.24, 2.45) is 0 Å². The molecule has 2 aromatic rings. The number of carbonyl (C=O) groups is 1. The van der Waals surface area contributed by atoms with Crippen LogP contribution in [0, 0.1) is 11.6 Å². The molecule has 0 bridgehead atoms. The smallest absolute Gasteiger partial charge is 0.425 e. The second-order valence-electron chi connectivity index (χ2n) is 7.92. The highest BCUT2D eigenvalue weighted by Gasteiger charge is 2.39. The molecule has 12 heteroatoms. The fourth-order valence-corrected chi connectivity index (χ4v) is 3.80. The van der Waals surface area contributed by atoms with Crippen LogP contribution in [0.2, 0.25) is 5.02 Å². The van der Waals surface area contributed by atoms with E-state index in [1.54, 1.807) is 4.90 Å². The van der Waals surface area contributed by atoms with Crippen LogP contribution >= 0.6 is 11.6 Å². The number of anilines is 2. The fourth-order valence-electron chi connectivity index (χ4n) is 3.59. The number of nitrogens with zero attached hydrogens (tertiary/aromatic N) is 1. The van der Waals surface area contributed by atoms with E-state index in [2.05, 4.69) is 17.2 Å². The summed E-state index contributed by atoms with van der Waals surface area (Å²) in [6.07, 6.45) is -5.67. The van der Waals surface area contributed by atoms with Gasteiger partial charge in [0.1, 0.15) is 17.4 Å². The van der Waals surface area contributed by atoms with Gasteiger partial charge in [-0.1, -0.05) is 24.2 Å². The Morgan fingerprint density at radius 3 is 2.63 bits per heavy atom. The van der Waals surface area contributed by atoms with Gasteiger partial charge in [0.25, 0.3) is 5.91 Å². The lowest BCUT2D eigenvalue weighted by atomic mass is 10.1. The van der Waals surface area contributed by atoms with E-state index in [1.807, 2.05) is 0 Å². The summed E-state index contributed by atoms with van der Waals surface area (Å²) in [4.78, 5) is 14.5. The first-order valence-electron chi connectivity index (χ1n) is 10.6. The zero-order valence-corrected chi connectivity index (χ0v) is 19.3. The normalized spacial score (nSPS) is 16.7. The summed E-state index contributed by atoms with van der Waals surface area (Å²) in [6.45, 7) is 4.92. The number of halogens is 6. The van der Waals surface area contributed by atoms with Crippen LogP contribution in [0.1, 0.15) is 30.1 Å². The van der Waals surface area contributed by atoms with Gasteiger partial charge in [0.05, 0.1) is 40.4 Å². The monoisotopic (exact) mass is 519 g/mol. The van der Waals surface area contributed by atoms with Crippen LogP contribution in [-0.4, -0.2) is 47.4 Å². The molecule has 3 N–H and O–H groups in total. The van der Waals surface area contributed by atoms with E-state index in [4.69, 9.17) is 16.3 Å². The lowest BCUT2D eigenvalue weighted by Crippen LogP contribution is -2.34. The van der Waals surface area contributed by atoms with Gasteiger partial charge in [-0.3, -0.25) is 4.79 Å². The number of para-hydroxylation sites is 1. The van der Waals surface area contributed by atoms with E-state index >= 15 is 0 Å². The lowest BCUT2D eigenvalue weighted by Gasteiger charge is -2.28. The molecule has 0 radical (unpaired) electrons. The average molecular weight is 520 g/mol. The number of alkyl halides is 3. The number of amides is 1. The van der Waals surface area contributed by atoms with Crippen LogP contribution in [0.5, 0.6) is 5.75 Å². The third-order valence-electron chi connectivity index (χ3n) is 5.49. The molecular formula is C23H23ClF5N3O3. The third-order valence-corrected chi connectivity index (χ3v) is 5.81. The number of hydrogen-bond acceptors (Lipinski definition) is 5. The number of benzene rings is 2. The topological polar surface area (TPSA) is 73.8 Å². The number of aliphatic hydroxyl groups is 1. The molecule has 6 nitrogen and oxygen atoms in total. The molecule has 0 spiro atoms. The summed E-state index contributed by atoms with van der Waals surface area (Å²) in [5.41, 5.74) is -1.33. The predicted octanol–water partition coefficient (Wildman–Crippen LogP) is 5.54. The number of nitrogens with one attached hydrogen (secondary N) is 2. The van der Waals surface area contributed by atoms with E-state index in [9.17, 15) is 31.9 Å². The minimum atomic E-state index is -4.78. The van der Waals surface area contributed by atoms with Gasteiger partial charge >= 0.3 is 6.18 Å². The standard InChI is InChI=1S/C23H23ClF5N3O3/c1-12(23(27,28)29)35-20-10-19(30-13(2)32-8-4-5-14(32)11-33)18(26)9-15(20)22(34)31-21-16(24)6-3-7-17(21)25/h3,6-7,9-10,12,14,30,33H,2,4-5,8,11H2,1H3,(H,31,34)/t12-,14+/m0/s1. The first-order valence-corrected chi connectivity index (χ1v) is 11.0. The maximum absolute atomic E-state index is 15.0. The van der Waals surface area contributed by atoms with Crippen molar-refractivity contribution in [3.63, 3.8) is 0 Å². The Morgan fingerprint density at radius 1 is 1.29 bits per heavy atom. The SMILES string of the molecule is C=C(Nc1cc(O[C@@H](C)C(F)(F)F)c(C(=O)Nc2c(F)cccc2Cl)cc1F)N1CCC[C@@H]1CO. The van der Waals surface area contributed by atoms with Crippen molar-refractivity contribution < 1.29 is 36.6 Å². The van der Waals surface area contributed by atoms with Crippen molar-refractivity contribution in [2.45, 2.75) is 38.1 Å². The molecule has 3 rings (SSSR count). The van der Waals surface area contributed by atoms with E-state index in [-0.39, 0.29) is 29.2 Å². The van der Waals surface area contributed by atoms with Crippen molar-refractivity contribution in [3.8, 4) is 5.75 Å². The number of carbonyl (C=O) groups excluding carboxylic acids is 1. The fraction of sp³-hybridized carbons (Fsp3) is 0.348. The van der Waals surface area contributed by atoms with Gasteiger partial charge in [0.2, 0.25) is 0 Å². The maximum Gasteiger partial charge on any atom is 0.425 e. The summed E-state index contributed by atoms with van der Waals surface area (Å²) in [5.74, 6) is -3.41. The van der Waals surface area contributed by atoms with Gasteiger partial charge in [-0.25, -0.2) is 8.78 Å². The number of ether oxygens (including phenoxy) is 1. The Morgan fingerprint density at radius 2 is 2.00 bits per heavy atom. The highest BCUT2D eigenvalue weighted by Crippen LogP contribution is 2.34. The number of hydrogen-bond donors (Lipinski definition) is 3. The Labute approximate surface area is 203 Å². The average Bonchev–Trinajstić information content (AvgIpc) is 3.26. The lowest BCUT2D eigenvalue weighted by molar-refractivity contribution is -0.189. The van der Waals surface area contributed by atoms with Gasteiger partial charge in [-0.05, 0) is 38.0 Å². The van der Waals surface area contributed by atoms with E-state index in [0.29, 0.717) is 19.0 Å². The van der Waals surface area contributed by atoms with Crippen LogP contribution in [0.4, 0.5) is 33.3 Å². The van der Waals surface area contributed by atoms with Crippen LogP contribution in [0.15, 0.2) is 42.7 Å². The van der Waals surface area contributed by atoms with Crippen molar-refractivity contribution in [2.75, 3.05) is 23.8 Å². The molecule has 1 aliphatic rings. The molecule has 0 aliphatic carbocycles. The van der Waals surface area contributed by atoms with Crippen LogP contribution in [-0.2, 0) is 0 Å². The van der Waals surface area contributed by atoms with Crippen LogP contribution in [0.25, 0.3) is 0 Å². The van der Waals surface area contributed by atoms with Crippen molar-refractivity contribution in [1.82, 2.24) is 4.90 Å². The van der Waals surface area contributed by atoms with E-state index in [0.717, 1.165) is 25.5 Å². The summed E-state index contributed by atoms with van der Waals surface area (Å²) < 4.78 is 73.5. The summed E-state index contributed by atoms with van der Waals surface area (Å²) in [7, 11) is 0. The molecule has 2 aromatic carbocycles. The molecule has 1 saturated heterocycles. The number of aliphatic hydroxyl groups excluding tert-OH is 1. The van der Waals surface area contributed by atoms with Crippen molar-refractivity contribution in [3.05, 3.63) is 65.0 Å². The van der Waals surface area contributed by atoms with Crippen molar-refractivity contribution in [1.29, 1.82) is 0 Å². The highest BCUT2D eigenvalue weighted by molar-refractivity contribution is 6.34. The second-order valence-corrected chi connectivity index (χ2v) is 8.33. The maximum atomic E-state index is 15.0. The predicted molar refractivity (Wildman–Crippen MR) is 121 cm³/mol. The van der Waals surface area contributed by atoms with E-state index in [1.165, 1.54) is 12.1 Å². The zero-order valence-electron chi connectivity index (χ0n) is 18.6. The first-order chi connectivity index (χ1) is 16.4. The summed E-state index contributed by atoms with van der Waals surface area (Å²) in [6, 6.07) is 4.93. The molecule has 0 unspecified atom stereocenters. The molecule has 1 aliphatic heterocycles. The Balaban J connectivity index is 1.95. The molecule has 1 fully saturated rings. The third kappa shape index (κ3) is 6.15. The number of rotatable bonds is 8. The minimum Gasteiger partial charge on any atom is -0.480 e. The summed E-state index contributed by atoms with van der Waals surface area (Å²) in [5, 5.41) is 14.1. The molecule has 1 amide bonds. The quantitative estimate of drug-likeness (QED) is 0.399. The first kappa shape index (κ1) is 26.6. The minimum absolute atomic E-state index is 0.154. The summed E-state index contributed by atoms with van der Waals surface area (Å²) >= 11 is 5.89. The van der Waals surface area contributed by atoms with Gasteiger partial charge in [0, 0.05) is 12.6 Å². The van der Waals surface area contributed by atoms with Gasteiger partial charge < -0.3 is 25.4 Å². The molecular weight excluding hydrogens is 497 g/mol. The Hall–Kier alpha value is -3.05. The molecule has 2 atom stereocenters. The van der Waals surface area contributed by atoms with Crippen LogP contribution in [0.3, 0.4) is 0 Å².